The number of hydrogen-bond donors (Lipinski definition) is 3. The van der Waals surface area contributed by atoms with Gasteiger partial charge in [0.1, 0.15) is 11.3 Å². The van der Waals surface area contributed by atoms with Crippen LogP contribution in [0.5, 0.6) is 0 Å². The first kappa shape index (κ1) is 16.9. The van der Waals surface area contributed by atoms with Gasteiger partial charge in [-0.1, -0.05) is 0 Å². The minimum absolute atomic E-state index is 0.0180. The third-order valence-corrected chi connectivity index (χ3v) is 3.58. The lowest BCUT2D eigenvalue weighted by Gasteiger charge is -2.19. The molecule has 10 heteroatoms. The van der Waals surface area contributed by atoms with Crippen molar-refractivity contribution in [3.05, 3.63) is 26.7 Å². The summed E-state index contributed by atoms with van der Waals surface area (Å²) in [5.74, 6) is -0.105. The SMILES string of the molecule is CN(CC(O)CO)C(=O)Cc1nc2c([nH]1)c(=O)n(C)c(=O)n2C. The number of aliphatic hydroxyl groups excluding tert-OH is 2. The maximum atomic E-state index is 12.1. The predicted octanol–water partition coefficient (Wildman–Crippen LogP) is -2.69. The second kappa shape index (κ2) is 6.34. The molecule has 2 rings (SSSR count). The molecule has 2 aromatic rings. The summed E-state index contributed by atoms with van der Waals surface area (Å²) < 4.78 is 2.18. The lowest BCUT2D eigenvalue weighted by Crippen LogP contribution is -2.37. The van der Waals surface area contributed by atoms with Crippen LogP contribution in [0.3, 0.4) is 0 Å². The lowest BCUT2D eigenvalue weighted by atomic mass is 10.3. The molecule has 0 saturated heterocycles. The Morgan fingerprint density at radius 3 is 2.61 bits per heavy atom. The number of aliphatic hydroxyl groups is 2. The van der Waals surface area contributed by atoms with E-state index in [4.69, 9.17) is 5.11 Å². The van der Waals surface area contributed by atoms with Crippen LogP contribution < -0.4 is 11.2 Å². The fourth-order valence-corrected chi connectivity index (χ4v) is 2.21. The number of carbonyl (C=O) groups is 1. The lowest BCUT2D eigenvalue weighted by molar-refractivity contribution is -0.130. The zero-order chi connectivity index (χ0) is 17.3. The Kier molecular flexibility index (Phi) is 4.66. The number of carbonyl (C=O) groups excluding carboxylic acids is 1. The molecule has 10 nitrogen and oxygen atoms in total. The van der Waals surface area contributed by atoms with E-state index in [2.05, 4.69) is 9.97 Å². The van der Waals surface area contributed by atoms with Crippen molar-refractivity contribution < 1.29 is 15.0 Å². The molecule has 0 fully saturated rings. The van der Waals surface area contributed by atoms with Crippen LogP contribution in [0.25, 0.3) is 11.2 Å². The largest absolute Gasteiger partial charge is 0.394 e. The number of fused-ring (bicyclic) bond motifs is 1. The van der Waals surface area contributed by atoms with Gasteiger partial charge in [-0.25, -0.2) is 9.78 Å². The molecule has 1 unspecified atom stereocenters. The van der Waals surface area contributed by atoms with Gasteiger partial charge in [-0.2, -0.15) is 0 Å². The molecule has 0 aliphatic rings. The number of likely N-dealkylation sites (N-methyl/N-ethyl adjacent to an activating group) is 1. The monoisotopic (exact) mass is 325 g/mol. The summed E-state index contributed by atoms with van der Waals surface area (Å²) in [5.41, 5.74) is -0.692. The Morgan fingerprint density at radius 1 is 1.35 bits per heavy atom. The van der Waals surface area contributed by atoms with E-state index in [0.29, 0.717) is 0 Å². The molecular formula is C13H19N5O5. The van der Waals surface area contributed by atoms with Crippen LogP contribution in [-0.4, -0.2) is 66.4 Å². The minimum atomic E-state index is -1.02. The molecule has 0 aliphatic carbocycles. The number of amides is 1. The van der Waals surface area contributed by atoms with Crippen LogP contribution in [0.4, 0.5) is 0 Å². The molecule has 3 N–H and O–H groups in total. The van der Waals surface area contributed by atoms with Crippen molar-refractivity contribution in [2.75, 3.05) is 20.2 Å². The number of aryl methyl sites for hydroxylation is 1. The Morgan fingerprint density at radius 2 is 2.00 bits per heavy atom. The fourth-order valence-electron chi connectivity index (χ4n) is 2.21. The summed E-state index contributed by atoms with van der Waals surface area (Å²) in [6.07, 6.45) is -1.14. The van der Waals surface area contributed by atoms with Crippen molar-refractivity contribution in [1.82, 2.24) is 24.0 Å². The van der Waals surface area contributed by atoms with Crippen molar-refractivity contribution in [2.24, 2.45) is 14.1 Å². The number of aromatic nitrogens is 4. The van der Waals surface area contributed by atoms with Crippen LogP contribution in [0.15, 0.2) is 9.59 Å². The van der Waals surface area contributed by atoms with Gasteiger partial charge < -0.3 is 20.1 Å². The van der Waals surface area contributed by atoms with Gasteiger partial charge in [0.25, 0.3) is 5.56 Å². The van der Waals surface area contributed by atoms with Gasteiger partial charge in [0.2, 0.25) is 5.91 Å². The van der Waals surface area contributed by atoms with Gasteiger partial charge in [0.05, 0.1) is 19.1 Å². The van der Waals surface area contributed by atoms with Crippen molar-refractivity contribution in [2.45, 2.75) is 12.5 Å². The zero-order valence-electron chi connectivity index (χ0n) is 13.1. The quantitative estimate of drug-likeness (QED) is 0.548. The second-order valence-corrected chi connectivity index (χ2v) is 5.38. The Bertz CT molecular complexity index is 849. The number of hydrogen-bond acceptors (Lipinski definition) is 6. The summed E-state index contributed by atoms with van der Waals surface area (Å²) in [5, 5.41) is 18.1. The molecule has 1 atom stereocenters. The van der Waals surface area contributed by atoms with Crippen LogP contribution >= 0.6 is 0 Å². The first-order chi connectivity index (χ1) is 10.8. The average molecular weight is 325 g/mol. The Labute approximate surface area is 130 Å². The highest BCUT2D eigenvalue weighted by Crippen LogP contribution is 2.06. The summed E-state index contributed by atoms with van der Waals surface area (Å²) in [6.45, 7) is -0.462. The third-order valence-electron chi connectivity index (χ3n) is 3.58. The maximum absolute atomic E-state index is 12.1. The molecule has 0 aromatic carbocycles. The molecule has 2 heterocycles. The van der Waals surface area contributed by atoms with E-state index in [9.17, 15) is 19.5 Å². The van der Waals surface area contributed by atoms with E-state index in [1.165, 1.54) is 30.6 Å². The standard InChI is InChI=1S/C13H19N5O5/c1-16(5-7(20)6-19)9(21)4-8-14-10-11(15-8)17(2)13(23)18(3)12(10)22/h7,19-20H,4-6H2,1-3H3,(H,14,15). The first-order valence-corrected chi connectivity index (χ1v) is 6.93. The van der Waals surface area contributed by atoms with E-state index in [1.54, 1.807) is 0 Å². The van der Waals surface area contributed by atoms with Crippen LogP contribution in [-0.2, 0) is 25.3 Å². The van der Waals surface area contributed by atoms with Crippen molar-refractivity contribution >= 4 is 17.1 Å². The molecule has 1 amide bonds. The first-order valence-electron chi connectivity index (χ1n) is 6.93. The van der Waals surface area contributed by atoms with Crippen LogP contribution in [0.2, 0.25) is 0 Å². The summed E-state index contributed by atoms with van der Waals surface area (Å²) in [4.78, 5) is 44.1. The molecule has 0 radical (unpaired) electrons. The van der Waals surface area contributed by atoms with Gasteiger partial charge in [-0.3, -0.25) is 18.7 Å². The van der Waals surface area contributed by atoms with E-state index in [0.717, 1.165) is 4.57 Å². The zero-order valence-corrected chi connectivity index (χ0v) is 13.1. The van der Waals surface area contributed by atoms with Gasteiger partial charge >= 0.3 is 5.69 Å². The Hall–Kier alpha value is -2.46. The summed E-state index contributed by atoms with van der Waals surface area (Å²) >= 11 is 0. The average Bonchev–Trinajstić information content (AvgIpc) is 2.94. The topological polar surface area (TPSA) is 133 Å². The molecule has 126 valence electrons. The van der Waals surface area contributed by atoms with Crippen LogP contribution in [0.1, 0.15) is 5.82 Å². The van der Waals surface area contributed by atoms with Crippen molar-refractivity contribution in [1.29, 1.82) is 0 Å². The van der Waals surface area contributed by atoms with Crippen molar-refractivity contribution in [3.63, 3.8) is 0 Å². The van der Waals surface area contributed by atoms with Gasteiger partial charge in [-0.05, 0) is 0 Å². The fraction of sp³-hybridized carbons (Fsp3) is 0.538. The van der Waals surface area contributed by atoms with Gasteiger partial charge in [0.15, 0.2) is 5.65 Å². The second-order valence-electron chi connectivity index (χ2n) is 5.38. The molecular weight excluding hydrogens is 306 g/mol. The third kappa shape index (κ3) is 3.17. The number of H-pyrrole nitrogens is 1. The highest BCUT2D eigenvalue weighted by atomic mass is 16.3. The number of imidazole rings is 1. The highest BCUT2D eigenvalue weighted by Gasteiger charge is 2.18. The maximum Gasteiger partial charge on any atom is 0.332 e. The van der Waals surface area contributed by atoms with Gasteiger partial charge in [-0.15, -0.1) is 0 Å². The summed E-state index contributed by atoms with van der Waals surface area (Å²) in [6, 6.07) is 0. The minimum Gasteiger partial charge on any atom is -0.394 e. The van der Waals surface area contributed by atoms with E-state index in [-0.39, 0.29) is 35.9 Å². The number of aromatic amines is 1. The molecule has 0 saturated carbocycles. The molecule has 0 spiro atoms. The highest BCUT2D eigenvalue weighted by molar-refractivity contribution is 5.79. The van der Waals surface area contributed by atoms with E-state index < -0.39 is 24.0 Å². The smallest absolute Gasteiger partial charge is 0.332 e. The number of nitrogens with zero attached hydrogens (tertiary/aromatic N) is 4. The van der Waals surface area contributed by atoms with Gasteiger partial charge in [0, 0.05) is 27.7 Å². The Balaban J connectivity index is 2.30. The van der Waals surface area contributed by atoms with Crippen molar-refractivity contribution in [3.8, 4) is 0 Å². The van der Waals surface area contributed by atoms with Crippen LogP contribution in [0, 0.1) is 0 Å². The number of rotatable bonds is 5. The molecule has 0 aliphatic heterocycles. The number of nitrogens with one attached hydrogen (secondary N) is 1. The van der Waals surface area contributed by atoms with E-state index >= 15 is 0 Å². The van der Waals surface area contributed by atoms with E-state index in [1.807, 2.05) is 0 Å². The molecule has 0 bridgehead atoms. The normalized spacial score (nSPS) is 12.6. The summed E-state index contributed by atoms with van der Waals surface area (Å²) in [7, 11) is 4.33. The molecule has 23 heavy (non-hydrogen) atoms. The molecule has 2 aromatic heterocycles. The predicted molar refractivity (Wildman–Crippen MR) is 81.0 cm³/mol.